The predicted octanol–water partition coefficient (Wildman–Crippen LogP) is 5.69. The third kappa shape index (κ3) is 5.32. The number of nitrogens with one attached hydrogen (secondary N) is 2. The summed E-state index contributed by atoms with van der Waals surface area (Å²) in [5, 5.41) is 5.99. The average Bonchev–Trinajstić information content (AvgIpc) is 3.25. The van der Waals surface area contributed by atoms with Crippen LogP contribution >= 0.6 is 23.1 Å². The number of anilines is 2. The lowest BCUT2D eigenvalue weighted by molar-refractivity contribution is -0.115. The van der Waals surface area contributed by atoms with E-state index in [-0.39, 0.29) is 17.1 Å². The first-order valence-corrected chi connectivity index (χ1v) is 12.1. The smallest absolute Gasteiger partial charge is 0.263 e. The molecule has 0 aliphatic carbocycles. The molecule has 4 aromatic rings. The van der Waals surface area contributed by atoms with E-state index in [0.717, 1.165) is 15.1 Å². The lowest BCUT2D eigenvalue weighted by atomic mass is 10.1. The fraction of sp³-hybridized carbons (Fsp3) is 0.160. The Morgan fingerprint density at radius 3 is 2.35 bits per heavy atom. The maximum Gasteiger partial charge on any atom is 0.263 e. The monoisotopic (exact) mass is 493 g/mol. The Labute approximate surface area is 205 Å². The van der Waals surface area contributed by atoms with Crippen molar-refractivity contribution in [2.75, 3.05) is 24.9 Å². The molecule has 9 heteroatoms. The van der Waals surface area contributed by atoms with Gasteiger partial charge in [-0.2, -0.15) is 0 Å². The molecule has 1 atom stereocenters. The van der Waals surface area contributed by atoms with Gasteiger partial charge in [0.05, 0.1) is 29.7 Å². The molecule has 0 aliphatic heterocycles. The molecule has 7 nitrogen and oxygen atoms in total. The van der Waals surface area contributed by atoms with E-state index >= 15 is 0 Å². The van der Waals surface area contributed by atoms with Crippen LogP contribution in [0.4, 0.5) is 10.8 Å². The highest BCUT2D eigenvalue weighted by Gasteiger charge is 2.20. The highest BCUT2D eigenvalue weighted by molar-refractivity contribution is 8.00. The summed E-state index contributed by atoms with van der Waals surface area (Å²) in [6, 6.07) is 20.3. The second-order valence-corrected chi connectivity index (χ2v) is 9.70. The number of aromatic nitrogens is 1. The van der Waals surface area contributed by atoms with E-state index in [1.165, 1.54) is 37.3 Å². The van der Waals surface area contributed by atoms with E-state index < -0.39 is 0 Å². The van der Waals surface area contributed by atoms with Gasteiger partial charge in [-0.05, 0) is 49.4 Å². The van der Waals surface area contributed by atoms with E-state index in [2.05, 4.69) is 15.6 Å². The summed E-state index contributed by atoms with van der Waals surface area (Å²) in [6.07, 6.45) is 0. The number of thioether (sulfide) groups is 1. The molecule has 0 saturated carbocycles. The van der Waals surface area contributed by atoms with Gasteiger partial charge in [0.25, 0.3) is 5.91 Å². The second-order valence-electron chi connectivity index (χ2n) is 7.26. The van der Waals surface area contributed by atoms with E-state index in [1.807, 2.05) is 49.4 Å². The fourth-order valence-corrected chi connectivity index (χ4v) is 5.10. The highest BCUT2D eigenvalue weighted by atomic mass is 32.2. The number of fused-ring (bicyclic) bond motifs is 1. The van der Waals surface area contributed by atoms with Crippen molar-refractivity contribution in [1.82, 2.24) is 4.98 Å². The first-order valence-electron chi connectivity index (χ1n) is 10.4. The minimum absolute atomic E-state index is 0.141. The number of hydrogen-bond acceptors (Lipinski definition) is 7. The molecule has 1 heterocycles. The number of methoxy groups -OCH3 is 2. The van der Waals surface area contributed by atoms with Crippen LogP contribution in [-0.4, -0.2) is 36.3 Å². The van der Waals surface area contributed by atoms with E-state index in [1.54, 1.807) is 24.3 Å². The minimum atomic E-state index is -0.368. The van der Waals surface area contributed by atoms with Gasteiger partial charge < -0.3 is 20.1 Å². The van der Waals surface area contributed by atoms with Crippen molar-refractivity contribution in [3.63, 3.8) is 0 Å². The predicted molar refractivity (Wildman–Crippen MR) is 138 cm³/mol. The summed E-state index contributed by atoms with van der Waals surface area (Å²) in [6.45, 7) is 1.83. The van der Waals surface area contributed by atoms with Crippen molar-refractivity contribution in [2.24, 2.45) is 0 Å². The zero-order valence-corrected chi connectivity index (χ0v) is 20.5. The molecule has 2 N–H and O–H groups in total. The van der Waals surface area contributed by atoms with Crippen LogP contribution in [0.25, 0.3) is 10.2 Å². The Kier molecular flexibility index (Phi) is 7.34. The number of hydrogen-bond donors (Lipinski definition) is 2. The largest absolute Gasteiger partial charge is 0.496 e. The molecule has 34 heavy (non-hydrogen) atoms. The topological polar surface area (TPSA) is 89.5 Å². The molecule has 0 aliphatic rings. The first kappa shape index (κ1) is 23.6. The van der Waals surface area contributed by atoms with Crippen LogP contribution in [-0.2, 0) is 4.79 Å². The van der Waals surface area contributed by atoms with Crippen LogP contribution < -0.4 is 20.1 Å². The maximum atomic E-state index is 12.9. The molecule has 2 amide bonds. The number of carbonyl (C=O) groups excluding carboxylic acids is 2. The van der Waals surface area contributed by atoms with Crippen molar-refractivity contribution >= 4 is 55.9 Å². The summed E-state index contributed by atoms with van der Waals surface area (Å²) in [4.78, 5) is 31.0. The zero-order valence-electron chi connectivity index (χ0n) is 18.8. The van der Waals surface area contributed by atoms with Gasteiger partial charge in [-0.15, -0.1) is 11.8 Å². The summed E-state index contributed by atoms with van der Waals surface area (Å²) in [7, 11) is 3.01. The van der Waals surface area contributed by atoms with Crippen LogP contribution in [0.5, 0.6) is 11.5 Å². The van der Waals surface area contributed by atoms with Crippen LogP contribution in [0.15, 0.2) is 71.6 Å². The zero-order chi connectivity index (χ0) is 24.1. The van der Waals surface area contributed by atoms with Gasteiger partial charge in [-0.25, -0.2) is 4.98 Å². The summed E-state index contributed by atoms with van der Waals surface area (Å²) in [5.41, 5.74) is 1.77. The number of para-hydroxylation sites is 1. The molecule has 1 aromatic heterocycles. The molecule has 0 fully saturated rings. The molecule has 4 rings (SSSR count). The molecule has 174 valence electrons. The number of amides is 2. The number of carbonyl (C=O) groups is 2. The van der Waals surface area contributed by atoms with E-state index in [4.69, 9.17) is 9.47 Å². The number of nitrogens with zero attached hydrogens (tertiary/aromatic N) is 1. The number of benzene rings is 3. The average molecular weight is 494 g/mol. The molecule has 0 bridgehead atoms. The normalized spacial score (nSPS) is 11.6. The minimum Gasteiger partial charge on any atom is -0.496 e. The standard InChI is InChI=1S/C25H23N3O4S2/c1-15(23(29)28-25-27-18-10-4-5-13-21(18)34-25)33-17-9-6-8-16(14-17)26-24(30)22-19(31-2)11-7-12-20(22)32-3/h4-15H,1-3H3,(H,26,30)(H,27,28,29). The van der Waals surface area contributed by atoms with Gasteiger partial charge >= 0.3 is 0 Å². The van der Waals surface area contributed by atoms with Crippen molar-refractivity contribution in [2.45, 2.75) is 17.1 Å². The Bertz CT molecular complexity index is 1280. The molecular weight excluding hydrogens is 470 g/mol. The Morgan fingerprint density at radius 2 is 1.65 bits per heavy atom. The SMILES string of the molecule is COc1cccc(OC)c1C(=O)Nc1cccc(SC(C)C(=O)Nc2nc3ccccc3s2)c1. The molecule has 0 saturated heterocycles. The van der Waals surface area contributed by atoms with Crippen LogP contribution in [0.3, 0.4) is 0 Å². The Balaban J connectivity index is 1.43. The van der Waals surface area contributed by atoms with Gasteiger partial charge in [0.2, 0.25) is 5.91 Å². The lowest BCUT2D eigenvalue weighted by Crippen LogP contribution is -2.22. The van der Waals surface area contributed by atoms with Crippen LogP contribution in [0.2, 0.25) is 0 Å². The Morgan fingerprint density at radius 1 is 0.941 bits per heavy atom. The van der Waals surface area contributed by atoms with Crippen molar-refractivity contribution in [3.05, 3.63) is 72.3 Å². The third-order valence-corrected chi connectivity index (χ3v) is 7.00. The second kappa shape index (κ2) is 10.6. The summed E-state index contributed by atoms with van der Waals surface area (Å²) >= 11 is 2.84. The van der Waals surface area contributed by atoms with Gasteiger partial charge in [0.15, 0.2) is 5.13 Å². The third-order valence-electron chi connectivity index (χ3n) is 4.95. The highest BCUT2D eigenvalue weighted by Crippen LogP contribution is 2.31. The quantitative estimate of drug-likeness (QED) is 0.307. The van der Waals surface area contributed by atoms with Crippen molar-refractivity contribution < 1.29 is 19.1 Å². The van der Waals surface area contributed by atoms with Gasteiger partial charge in [-0.3, -0.25) is 9.59 Å². The molecule has 3 aromatic carbocycles. The fourth-order valence-electron chi connectivity index (χ4n) is 3.31. The van der Waals surface area contributed by atoms with Gasteiger partial charge in [0, 0.05) is 10.6 Å². The van der Waals surface area contributed by atoms with Gasteiger partial charge in [-0.1, -0.05) is 35.6 Å². The van der Waals surface area contributed by atoms with E-state index in [9.17, 15) is 9.59 Å². The molecular formula is C25H23N3O4S2. The molecule has 0 radical (unpaired) electrons. The molecule has 1 unspecified atom stereocenters. The number of rotatable bonds is 8. The van der Waals surface area contributed by atoms with E-state index in [0.29, 0.717) is 27.9 Å². The Hall–Kier alpha value is -3.56. The van der Waals surface area contributed by atoms with Gasteiger partial charge in [0.1, 0.15) is 17.1 Å². The first-order chi connectivity index (χ1) is 16.5. The summed E-state index contributed by atoms with van der Waals surface area (Å²) in [5.74, 6) is 0.348. The summed E-state index contributed by atoms with van der Waals surface area (Å²) < 4.78 is 11.7. The van der Waals surface area contributed by atoms with Crippen LogP contribution in [0.1, 0.15) is 17.3 Å². The maximum absolute atomic E-state index is 12.9. The van der Waals surface area contributed by atoms with Crippen molar-refractivity contribution in [1.29, 1.82) is 0 Å². The lowest BCUT2D eigenvalue weighted by Gasteiger charge is -2.14. The number of ether oxygens (including phenoxy) is 2. The molecule has 0 spiro atoms. The number of thiazole rings is 1. The van der Waals surface area contributed by atoms with Crippen LogP contribution in [0, 0.1) is 0 Å². The van der Waals surface area contributed by atoms with Crippen molar-refractivity contribution in [3.8, 4) is 11.5 Å².